The number of rotatable bonds is 5. The fourth-order valence-corrected chi connectivity index (χ4v) is 3.70. The van der Waals surface area contributed by atoms with Crippen LogP contribution in [0.25, 0.3) is 22.2 Å². The number of nitrogens with zero attached hydrogens (tertiary/aromatic N) is 3. The predicted octanol–water partition coefficient (Wildman–Crippen LogP) is 3.25. The van der Waals surface area contributed by atoms with E-state index in [1.54, 1.807) is 13.3 Å². The van der Waals surface area contributed by atoms with Crippen LogP contribution in [0.3, 0.4) is 0 Å². The average molecular weight is 340 g/mol. The minimum atomic E-state index is -0.464. The molecule has 3 aromatic heterocycles. The second-order valence-corrected chi connectivity index (χ2v) is 7.38. The fraction of sp³-hybridized carbons (Fsp3) is 0.526. The van der Waals surface area contributed by atoms with Crippen molar-refractivity contribution in [3.8, 4) is 0 Å². The van der Waals surface area contributed by atoms with E-state index in [1.165, 1.54) is 16.8 Å². The molecule has 0 amide bonds. The van der Waals surface area contributed by atoms with Crippen molar-refractivity contribution < 1.29 is 9.52 Å². The molecule has 6 nitrogen and oxygen atoms in total. The zero-order chi connectivity index (χ0) is 17.6. The van der Waals surface area contributed by atoms with E-state index in [-0.39, 0.29) is 0 Å². The van der Waals surface area contributed by atoms with E-state index in [4.69, 9.17) is 9.40 Å². The molecule has 6 heteroatoms. The monoisotopic (exact) mass is 340 g/mol. The quantitative estimate of drug-likeness (QED) is 0.742. The second kappa shape index (κ2) is 6.26. The molecule has 132 valence electrons. The molecule has 0 saturated carbocycles. The van der Waals surface area contributed by atoms with Gasteiger partial charge in [0.2, 0.25) is 5.71 Å². The van der Waals surface area contributed by atoms with Gasteiger partial charge in [0.05, 0.1) is 11.5 Å². The van der Waals surface area contributed by atoms with E-state index in [2.05, 4.69) is 29.1 Å². The van der Waals surface area contributed by atoms with Crippen LogP contribution in [0.15, 0.2) is 10.7 Å². The Bertz CT molecular complexity index is 930. The Morgan fingerprint density at radius 3 is 2.76 bits per heavy atom. The first-order chi connectivity index (χ1) is 12.0. The number of hydrogen-bond acceptors (Lipinski definition) is 6. The summed E-state index contributed by atoms with van der Waals surface area (Å²) in [5, 5.41) is 13.7. The van der Waals surface area contributed by atoms with Crippen molar-refractivity contribution in [2.45, 2.75) is 52.6 Å². The maximum atomic E-state index is 9.52. The van der Waals surface area contributed by atoms with Gasteiger partial charge in [0.1, 0.15) is 11.8 Å². The van der Waals surface area contributed by atoms with Gasteiger partial charge in [0.15, 0.2) is 11.4 Å². The topological polar surface area (TPSA) is 84.1 Å². The largest absolute Gasteiger partial charge is 0.432 e. The molecule has 0 aromatic carbocycles. The highest BCUT2D eigenvalue weighted by Gasteiger charge is 2.25. The van der Waals surface area contributed by atoms with E-state index in [9.17, 15) is 5.11 Å². The molecule has 0 aliphatic heterocycles. The molecule has 1 atom stereocenters. The average Bonchev–Trinajstić information content (AvgIpc) is 3.16. The van der Waals surface area contributed by atoms with Gasteiger partial charge >= 0.3 is 0 Å². The standard InChI is InChI=1S/C19H24N4O2/c1-10(2)7-14-12-5-4-6-13(12)15-16-17(25-19(15)23-14)18(22-9-21-16)20-8-11(3)24/h9-11,24H,4-8H2,1-3H3,(H,20,21,22). The fourth-order valence-electron chi connectivity index (χ4n) is 3.70. The first kappa shape index (κ1) is 16.3. The molecule has 0 fully saturated rings. The van der Waals surface area contributed by atoms with Crippen molar-refractivity contribution in [2.24, 2.45) is 5.92 Å². The molecule has 1 aliphatic rings. The van der Waals surface area contributed by atoms with Crippen molar-refractivity contribution in [2.75, 3.05) is 11.9 Å². The van der Waals surface area contributed by atoms with Crippen molar-refractivity contribution in [1.29, 1.82) is 0 Å². The van der Waals surface area contributed by atoms with Gasteiger partial charge in [-0.05, 0) is 49.7 Å². The zero-order valence-electron chi connectivity index (χ0n) is 15.0. The van der Waals surface area contributed by atoms with Crippen LogP contribution in [0.1, 0.15) is 44.0 Å². The lowest BCUT2D eigenvalue weighted by Crippen LogP contribution is -2.16. The number of nitrogens with one attached hydrogen (secondary N) is 1. The van der Waals surface area contributed by atoms with E-state index in [0.717, 1.165) is 36.6 Å². The summed E-state index contributed by atoms with van der Waals surface area (Å²) < 4.78 is 6.08. The highest BCUT2D eigenvalue weighted by atomic mass is 16.3. The van der Waals surface area contributed by atoms with Gasteiger partial charge in [-0.1, -0.05) is 13.8 Å². The number of hydrogen-bond donors (Lipinski definition) is 2. The zero-order valence-corrected chi connectivity index (χ0v) is 15.0. The molecule has 2 N–H and O–H groups in total. The normalized spacial score (nSPS) is 15.2. The first-order valence-electron chi connectivity index (χ1n) is 9.04. The lowest BCUT2D eigenvalue weighted by molar-refractivity contribution is 0.208. The van der Waals surface area contributed by atoms with Crippen LogP contribution in [0.4, 0.5) is 5.82 Å². The first-order valence-corrected chi connectivity index (χ1v) is 9.04. The minimum Gasteiger partial charge on any atom is -0.432 e. The summed E-state index contributed by atoms with van der Waals surface area (Å²) in [5.74, 6) is 1.17. The Morgan fingerprint density at radius 2 is 2.00 bits per heavy atom. The number of aliphatic hydroxyl groups excluding tert-OH is 1. The molecule has 0 radical (unpaired) electrons. The number of furan rings is 1. The lowest BCUT2D eigenvalue weighted by atomic mass is 9.99. The van der Waals surface area contributed by atoms with Gasteiger partial charge in [-0.2, -0.15) is 0 Å². The van der Waals surface area contributed by atoms with Crippen LogP contribution in [0.5, 0.6) is 0 Å². The van der Waals surface area contributed by atoms with Crippen molar-refractivity contribution in [3.63, 3.8) is 0 Å². The van der Waals surface area contributed by atoms with Crippen LogP contribution in [-0.4, -0.2) is 32.7 Å². The Kier molecular flexibility index (Phi) is 4.07. The summed E-state index contributed by atoms with van der Waals surface area (Å²) in [4.78, 5) is 13.6. The molecule has 25 heavy (non-hydrogen) atoms. The Morgan fingerprint density at radius 1 is 1.20 bits per heavy atom. The molecular weight excluding hydrogens is 316 g/mol. The summed E-state index contributed by atoms with van der Waals surface area (Å²) in [6.07, 6.45) is 5.35. The third-order valence-corrected chi connectivity index (χ3v) is 4.72. The maximum absolute atomic E-state index is 9.52. The molecule has 1 unspecified atom stereocenters. The highest BCUT2D eigenvalue weighted by molar-refractivity contribution is 6.06. The second-order valence-electron chi connectivity index (χ2n) is 7.38. The Hall–Kier alpha value is -2.21. The third kappa shape index (κ3) is 2.84. The molecule has 0 saturated heterocycles. The van der Waals surface area contributed by atoms with Crippen LogP contribution in [-0.2, 0) is 19.3 Å². The van der Waals surface area contributed by atoms with Crippen LogP contribution >= 0.6 is 0 Å². The summed E-state index contributed by atoms with van der Waals surface area (Å²) in [5.41, 5.74) is 6.01. The number of fused-ring (bicyclic) bond motifs is 5. The number of pyridine rings is 1. The van der Waals surface area contributed by atoms with Gasteiger partial charge in [-0.3, -0.25) is 0 Å². The SMILES string of the molecule is CC(C)Cc1nc2oc3c(NCC(C)O)ncnc3c2c2c1CCC2. The van der Waals surface area contributed by atoms with E-state index < -0.39 is 6.10 Å². The summed E-state index contributed by atoms with van der Waals surface area (Å²) in [6.45, 7) is 6.58. The number of aromatic nitrogens is 3. The smallest absolute Gasteiger partial charge is 0.229 e. The van der Waals surface area contributed by atoms with Gasteiger partial charge in [0, 0.05) is 12.2 Å². The molecule has 1 aliphatic carbocycles. The van der Waals surface area contributed by atoms with Crippen molar-refractivity contribution >= 4 is 28.0 Å². The molecule has 3 aromatic rings. The Labute approximate surface area is 146 Å². The van der Waals surface area contributed by atoms with Crippen LogP contribution < -0.4 is 5.32 Å². The molecule has 0 spiro atoms. The predicted molar refractivity (Wildman–Crippen MR) is 97.8 cm³/mol. The van der Waals surface area contributed by atoms with Gasteiger partial charge in [-0.25, -0.2) is 15.0 Å². The van der Waals surface area contributed by atoms with E-state index >= 15 is 0 Å². The maximum Gasteiger partial charge on any atom is 0.229 e. The van der Waals surface area contributed by atoms with Gasteiger partial charge in [0.25, 0.3) is 0 Å². The van der Waals surface area contributed by atoms with Crippen LogP contribution in [0, 0.1) is 5.92 Å². The van der Waals surface area contributed by atoms with E-state index in [0.29, 0.717) is 29.6 Å². The summed E-state index contributed by atoms with van der Waals surface area (Å²) >= 11 is 0. The van der Waals surface area contributed by atoms with E-state index in [1.807, 2.05) is 0 Å². The Balaban J connectivity index is 1.92. The molecule has 3 heterocycles. The lowest BCUT2D eigenvalue weighted by Gasteiger charge is -2.10. The molecule has 4 rings (SSSR count). The highest BCUT2D eigenvalue weighted by Crippen LogP contribution is 2.38. The third-order valence-electron chi connectivity index (χ3n) is 4.72. The van der Waals surface area contributed by atoms with Gasteiger partial charge < -0.3 is 14.8 Å². The van der Waals surface area contributed by atoms with Crippen molar-refractivity contribution in [3.05, 3.63) is 23.1 Å². The number of aryl methyl sites for hydroxylation is 1. The molecule has 0 bridgehead atoms. The van der Waals surface area contributed by atoms with Crippen molar-refractivity contribution in [1.82, 2.24) is 15.0 Å². The minimum absolute atomic E-state index is 0.410. The summed E-state index contributed by atoms with van der Waals surface area (Å²) in [6, 6.07) is 0. The van der Waals surface area contributed by atoms with Gasteiger partial charge in [-0.15, -0.1) is 0 Å². The molecular formula is C19H24N4O2. The van der Waals surface area contributed by atoms with Crippen LogP contribution in [0.2, 0.25) is 0 Å². The number of anilines is 1. The summed E-state index contributed by atoms with van der Waals surface area (Å²) in [7, 11) is 0. The number of aliphatic hydroxyl groups is 1.